The lowest BCUT2D eigenvalue weighted by Gasteiger charge is -2.39. The first kappa shape index (κ1) is 114. The topological polar surface area (TPSA) is 46.2 Å². The van der Waals surface area contributed by atoms with Crippen molar-refractivity contribution < 1.29 is 133 Å². The second-order valence-corrected chi connectivity index (χ2v) is 42.9. The summed E-state index contributed by atoms with van der Waals surface area (Å²) in [4.78, 5) is 0. The van der Waals surface area contributed by atoms with Gasteiger partial charge in [-0.05, 0) is 281 Å². The Balaban J connectivity index is 0.000000168. The molecule has 0 saturated heterocycles. The molecule has 0 spiro atoms. The van der Waals surface area contributed by atoms with Crippen LogP contribution in [0.15, 0.2) is 60.7 Å². The van der Waals surface area contributed by atoms with E-state index in [9.17, 15) is 110 Å². The molecule has 140 heavy (non-hydrogen) atoms. The van der Waals surface area contributed by atoms with Gasteiger partial charge in [0.2, 0.25) is 0 Å². The van der Waals surface area contributed by atoms with Gasteiger partial charge in [0.15, 0.2) is 87.3 Å². The molecular weight excluding hydrogens is 1880 g/mol. The van der Waals surface area contributed by atoms with E-state index in [4.69, 9.17) is 0 Å². The fraction of sp³-hybridized carbons (Fsp3) is 0.727. The smallest absolute Gasteiger partial charge is 0.400 e. The number of unbranched alkanes of at least 4 members (excludes halogenated alkanes) is 3. The van der Waals surface area contributed by atoms with E-state index in [1.54, 1.807) is 0 Å². The Hall–Kier alpha value is -6.65. The summed E-state index contributed by atoms with van der Waals surface area (Å²) in [7, 11) is 0. The highest BCUT2D eigenvalue weighted by Gasteiger charge is 2.52. The maximum Gasteiger partial charge on any atom is 0.400 e. The number of ether oxygens (including phenoxy) is 5. The standard InChI is InChI=1S/C24H33F5O.C23H31F5O.C22H29F5O.C21H27F5O.C20H25F5O/c1-2-3-4-5-16-6-8-17(9-7-16)18-10-12-19(13-11-18)24(28,29)30-20-14-21(25)23(27)22(26)15-20;1-2-3-4-15-5-7-16(8-6-15)17-9-11-18(12-10-17)23(27,28)29-19-13-20(24)22(26)21(25)14-19;1-2-3-14-4-6-15(7-5-14)16-8-10-17(11-9-16)22(26,27)28-18-12-19(23)21(25)20(24)13-18;1-2-13-3-5-14(6-4-13)15-7-9-16(10-8-15)21(25,26)27-17-11-18(22)20(24)19(23)12-17;1-12-2-4-13(5-3-12)14-6-8-15(9-7-14)20(24,25)26-16-10-17(21)19(23)18(22)11-16/h14-19H,2-13H2,1H3;13-18H,2-12H2,1H3;12-17H,2-11H2,1H3;11-16H,2-10H2,1H3;10-15H,2-9H2,1H3. The first-order valence-corrected chi connectivity index (χ1v) is 52.5. The summed E-state index contributed by atoms with van der Waals surface area (Å²) in [5.41, 5.74) is 0. The number of rotatable bonds is 30. The highest BCUT2D eigenvalue weighted by atomic mass is 19.3. The van der Waals surface area contributed by atoms with E-state index in [-0.39, 0.29) is 0 Å². The molecule has 0 heterocycles. The molecule has 0 aromatic heterocycles. The average Bonchev–Trinajstić information content (AvgIpc) is 0.816. The Kier molecular flexibility index (Phi) is 42.7. The van der Waals surface area contributed by atoms with Crippen molar-refractivity contribution in [3.8, 4) is 28.7 Å². The molecule has 15 rings (SSSR count). The second-order valence-electron chi connectivity index (χ2n) is 42.9. The van der Waals surface area contributed by atoms with E-state index in [1.165, 1.54) is 193 Å². The minimum atomic E-state index is -3.53. The van der Waals surface area contributed by atoms with Gasteiger partial charge in [-0.1, -0.05) is 163 Å². The SMILES string of the molecule is CC1CCC(C2CCC(C(F)(F)Oc3cc(F)c(F)c(F)c3)CC2)CC1.CCC1CCC(C2CCC(C(F)(F)Oc3cc(F)c(F)c(F)c3)CC2)CC1.CCCC1CCC(C2CCC(C(F)(F)Oc3cc(F)c(F)c(F)c3)CC2)CC1.CCCCC1CCC(C2CCC(C(F)(F)Oc3cc(F)c(F)c(F)c3)CC2)CC1.CCCCCC1CCC(C2CCC(C(F)(F)Oc3cc(F)c(F)c(F)c3)CC2)CC1. The average molecular weight is 2020 g/mol. The van der Waals surface area contributed by atoms with Crippen molar-refractivity contribution in [1.29, 1.82) is 0 Å². The van der Waals surface area contributed by atoms with Crippen molar-refractivity contribution in [3.63, 3.8) is 0 Å². The van der Waals surface area contributed by atoms with Crippen LogP contribution in [-0.2, 0) is 0 Å². The minimum Gasteiger partial charge on any atom is -0.432 e. The third-order valence-corrected chi connectivity index (χ3v) is 33.7. The lowest BCUT2D eigenvalue weighted by molar-refractivity contribution is -0.225. The summed E-state index contributed by atoms with van der Waals surface area (Å²) in [5.74, 6) is -22.5. The minimum absolute atomic E-state index is 0.329. The van der Waals surface area contributed by atoms with Gasteiger partial charge in [0.05, 0.1) is 29.6 Å². The van der Waals surface area contributed by atoms with E-state index in [0.29, 0.717) is 184 Å². The zero-order valence-electron chi connectivity index (χ0n) is 81.7. The quantitative estimate of drug-likeness (QED) is 0.0260. The molecule has 10 aliphatic rings. The number of alkyl halides is 10. The zero-order valence-corrected chi connectivity index (χ0v) is 81.7. The van der Waals surface area contributed by atoms with Gasteiger partial charge in [-0.25, -0.2) is 65.9 Å². The molecule has 5 nitrogen and oxygen atoms in total. The van der Waals surface area contributed by atoms with E-state index < -0.39 is 176 Å². The fourth-order valence-electron chi connectivity index (χ4n) is 25.0. The van der Waals surface area contributed by atoms with Crippen molar-refractivity contribution in [2.45, 2.75) is 386 Å². The highest BCUT2D eigenvalue weighted by Crippen LogP contribution is 2.54. The van der Waals surface area contributed by atoms with Crippen LogP contribution in [0.4, 0.5) is 110 Å². The van der Waals surface area contributed by atoms with Crippen LogP contribution in [0.1, 0.15) is 356 Å². The Morgan fingerprint density at radius 3 is 0.543 bits per heavy atom. The summed E-state index contributed by atoms with van der Waals surface area (Å²) in [6, 6.07) is 4.65. The molecule has 10 fully saturated rings. The van der Waals surface area contributed by atoms with Crippen molar-refractivity contribution in [2.24, 2.45) is 118 Å². The summed E-state index contributed by atoms with van der Waals surface area (Å²) in [6.07, 6.45) is 30.1. The highest BCUT2D eigenvalue weighted by molar-refractivity contribution is 5.30. The first-order valence-electron chi connectivity index (χ1n) is 52.5. The van der Waals surface area contributed by atoms with Gasteiger partial charge in [-0.2, -0.15) is 43.9 Å². The number of hydrogen-bond donors (Lipinski definition) is 0. The molecule has 30 heteroatoms. The Morgan fingerprint density at radius 2 is 0.364 bits per heavy atom. The van der Waals surface area contributed by atoms with Gasteiger partial charge in [0.25, 0.3) is 0 Å². The van der Waals surface area contributed by atoms with Crippen LogP contribution in [0.3, 0.4) is 0 Å². The zero-order chi connectivity index (χ0) is 102. The summed E-state index contributed by atoms with van der Waals surface area (Å²) < 4.78 is 365. The molecule has 10 saturated carbocycles. The third-order valence-electron chi connectivity index (χ3n) is 33.7. The summed E-state index contributed by atoms with van der Waals surface area (Å²) in [6.45, 7) is 11.1. The predicted molar refractivity (Wildman–Crippen MR) is 488 cm³/mol. The molecule has 0 unspecified atom stereocenters. The normalized spacial score (nSPS) is 28.9. The second kappa shape index (κ2) is 52.6. The van der Waals surface area contributed by atoms with Crippen molar-refractivity contribution in [3.05, 3.63) is 148 Å². The van der Waals surface area contributed by atoms with Gasteiger partial charge in [0, 0.05) is 60.7 Å². The lowest BCUT2D eigenvalue weighted by Crippen LogP contribution is -2.38. The van der Waals surface area contributed by atoms with Crippen LogP contribution in [-0.4, -0.2) is 30.5 Å². The number of benzene rings is 5. The molecule has 10 aliphatic carbocycles. The van der Waals surface area contributed by atoms with Gasteiger partial charge >= 0.3 is 30.5 Å². The van der Waals surface area contributed by atoms with Crippen molar-refractivity contribution in [1.82, 2.24) is 0 Å². The van der Waals surface area contributed by atoms with E-state index in [1.807, 2.05) is 0 Å². The molecule has 0 N–H and O–H groups in total. The summed E-state index contributed by atoms with van der Waals surface area (Å²) in [5, 5.41) is 0. The Bertz CT molecular complexity index is 4430. The molecule has 790 valence electrons. The van der Waals surface area contributed by atoms with Crippen molar-refractivity contribution in [2.75, 3.05) is 0 Å². The third kappa shape index (κ3) is 32.4. The molecule has 0 radical (unpaired) electrons. The van der Waals surface area contributed by atoms with E-state index in [0.717, 1.165) is 93.8 Å². The van der Waals surface area contributed by atoms with Gasteiger partial charge in [0.1, 0.15) is 28.7 Å². The van der Waals surface area contributed by atoms with Crippen molar-refractivity contribution >= 4 is 0 Å². The molecule has 5 aromatic rings. The monoisotopic (exact) mass is 2020 g/mol. The molecule has 0 atom stereocenters. The van der Waals surface area contributed by atoms with Gasteiger partial charge < -0.3 is 23.7 Å². The van der Waals surface area contributed by atoms with E-state index in [2.05, 4.69) is 58.3 Å². The molecule has 0 aliphatic heterocycles. The van der Waals surface area contributed by atoms with Gasteiger partial charge in [-0.15, -0.1) is 0 Å². The molecule has 5 aromatic carbocycles. The van der Waals surface area contributed by atoms with Crippen LogP contribution < -0.4 is 23.7 Å². The Labute approximate surface area is 811 Å². The molecule has 0 bridgehead atoms. The molecule has 0 amide bonds. The number of halogens is 25. The van der Waals surface area contributed by atoms with Crippen LogP contribution >= 0.6 is 0 Å². The molecular formula is C110H145F25O5. The van der Waals surface area contributed by atoms with E-state index >= 15 is 0 Å². The lowest BCUT2D eigenvalue weighted by atomic mass is 9.68. The predicted octanol–water partition coefficient (Wildman–Crippen LogP) is 37.4. The maximum atomic E-state index is 14.6. The van der Waals surface area contributed by atoms with Crippen LogP contribution in [0.25, 0.3) is 0 Å². The summed E-state index contributed by atoms with van der Waals surface area (Å²) >= 11 is 0. The fourth-order valence-corrected chi connectivity index (χ4v) is 25.0. The van der Waals surface area contributed by atoms with Gasteiger partial charge in [-0.3, -0.25) is 0 Å². The van der Waals surface area contributed by atoms with Crippen LogP contribution in [0.2, 0.25) is 0 Å². The van der Waals surface area contributed by atoms with Crippen LogP contribution in [0, 0.1) is 206 Å². The Morgan fingerprint density at radius 1 is 0.200 bits per heavy atom. The van der Waals surface area contributed by atoms with Crippen LogP contribution in [0.5, 0.6) is 28.7 Å². The first-order chi connectivity index (χ1) is 66.4. The number of hydrogen-bond acceptors (Lipinski definition) is 5. The largest absolute Gasteiger partial charge is 0.432 e. The maximum absolute atomic E-state index is 14.6.